The van der Waals surface area contributed by atoms with Crippen LogP contribution < -0.4 is 5.32 Å². The summed E-state index contributed by atoms with van der Waals surface area (Å²) in [6, 6.07) is 4.18. The van der Waals surface area contributed by atoms with Crippen LogP contribution in [0.2, 0.25) is 0 Å². The number of hydrogen-bond donors (Lipinski definition) is 1. The zero-order valence-corrected chi connectivity index (χ0v) is 13.8. The Morgan fingerprint density at radius 3 is 2.57 bits per heavy atom. The van der Waals surface area contributed by atoms with Crippen molar-refractivity contribution in [1.29, 1.82) is 0 Å². The molecule has 0 atom stereocenters. The van der Waals surface area contributed by atoms with Gasteiger partial charge in [-0.25, -0.2) is 8.42 Å². The highest BCUT2D eigenvalue weighted by molar-refractivity contribution is 7.90. The Morgan fingerprint density at radius 1 is 1.35 bits per heavy atom. The Balaban J connectivity index is 2.23. The monoisotopic (exact) mass is 339 g/mol. The Labute approximate surface area is 133 Å². The molecule has 0 unspecified atom stereocenters. The minimum absolute atomic E-state index is 0.164. The fourth-order valence-electron chi connectivity index (χ4n) is 2.13. The summed E-state index contributed by atoms with van der Waals surface area (Å²) < 4.78 is 25.2. The number of sulfone groups is 1. The molecule has 0 spiro atoms. The fourth-order valence-corrected chi connectivity index (χ4v) is 2.99. The largest absolute Gasteiger partial charge is 0.379 e. The van der Waals surface area contributed by atoms with Crippen LogP contribution in [0.25, 0.3) is 0 Å². The van der Waals surface area contributed by atoms with Crippen molar-refractivity contribution in [3.05, 3.63) is 40.0 Å². The summed E-state index contributed by atoms with van der Waals surface area (Å²) in [7, 11) is -1.86. The van der Waals surface area contributed by atoms with Gasteiger partial charge in [-0.1, -0.05) is 6.07 Å². The maximum absolute atomic E-state index is 11.7. The molecule has 10 heteroatoms. The first kappa shape index (κ1) is 16.9. The summed E-state index contributed by atoms with van der Waals surface area (Å²) in [5.74, 6) is 1.50. The molecule has 0 radical (unpaired) electrons. The molecule has 23 heavy (non-hydrogen) atoms. The molecular formula is C13H17N5O4S. The normalized spacial score (nSPS) is 11.4. The quantitative estimate of drug-likeness (QED) is 0.617. The van der Waals surface area contributed by atoms with Crippen molar-refractivity contribution in [2.75, 3.05) is 18.1 Å². The molecular weight excluding hydrogens is 322 g/mol. The van der Waals surface area contributed by atoms with Crippen LogP contribution in [0.15, 0.2) is 23.1 Å². The molecule has 0 saturated heterocycles. The Kier molecular flexibility index (Phi) is 4.64. The van der Waals surface area contributed by atoms with Crippen LogP contribution in [0.4, 0.5) is 11.4 Å². The van der Waals surface area contributed by atoms with Crippen molar-refractivity contribution in [3.63, 3.8) is 0 Å². The molecule has 0 aliphatic rings. The number of nitrogens with zero attached hydrogens (tertiary/aromatic N) is 4. The van der Waals surface area contributed by atoms with Crippen molar-refractivity contribution >= 4 is 21.2 Å². The van der Waals surface area contributed by atoms with Gasteiger partial charge in [0.1, 0.15) is 22.2 Å². The van der Waals surface area contributed by atoms with Crippen molar-refractivity contribution in [3.8, 4) is 0 Å². The third-order valence-corrected chi connectivity index (χ3v) is 4.56. The van der Waals surface area contributed by atoms with E-state index in [1.54, 1.807) is 0 Å². The minimum atomic E-state index is -3.69. The van der Waals surface area contributed by atoms with Gasteiger partial charge >= 0.3 is 5.69 Å². The van der Waals surface area contributed by atoms with Crippen LogP contribution >= 0.6 is 0 Å². The van der Waals surface area contributed by atoms with Crippen molar-refractivity contribution < 1.29 is 13.3 Å². The third kappa shape index (κ3) is 3.65. The van der Waals surface area contributed by atoms with E-state index < -0.39 is 20.4 Å². The Hall–Kier alpha value is -2.49. The molecule has 1 N–H and O–H groups in total. The lowest BCUT2D eigenvalue weighted by Gasteiger charge is -2.09. The lowest BCUT2D eigenvalue weighted by molar-refractivity contribution is -0.386. The number of para-hydroxylation sites is 1. The number of anilines is 1. The van der Waals surface area contributed by atoms with Crippen molar-refractivity contribution in [2.45, 2.75) is 18.2 Å². The molecule has 1 heterocycles. The SMILES string of the molecule is Cc1nnc(CCNc2cccc(S(C)(=O)=O)c2[N+](=O)[O-])n1C. The molecule has 1 aromatic heterocycles. The van der Waals surface area contributed by atoms with Gasteiger partial charge < -0.3 is 9.88 Å². The predicted molar refractivity (Wildman–Crippen MR) is 84.1 cm³/mol. The first-order valence-corrected chi connectivity index (χ1v) is 8.67. The van der Waals surface area contributed by atoms with Gasteiger partial charge in [0.25, 0.3) is 0 Å². The molecule has 0 saturated carbocycles. The van der Waals surface area contributed by atoms with E-state index in [4.69, 9.17) is 0 Å². The molecule has 124 valence electrons. The maximum Gasteiger partial charge on any atom is 0.310 e. The van der Waals surface area contributed by atoms with Gasteiger partial charge in [-0.3, -0.25) is 10.1 Å². The lowest BCUT2D eigenvalue weighted by Crippen LogP contribution is -2.12. The van der Waals surface area contributed by atoms with Gasteiger partial charge in [-0.2, -0.15) is 0 Å². The topological polar surface area (TPSA) is 120 Å². The highest BCUT2D eigenvalue weighted by Gasteiger charge is 2.25. The van der Waals surface area contributed by atoms with E-state index in [0.717, 1.165) is 17.9 Å². The summed E-state index contributed by atoms with van der Waals surface area (Å²) in [6.45, 7) is 2.18. The van der Waals surface area contributed by atoms with E-state index in [1.165, 1.54) is 18.2 Å². The second kappa shape index (κ2) is 6.32. The Morgan fingerprint density at radius 2 is 2.04 bits per heavy atom. The second-order valence-electron chi connectivity index (χ2n) is 5.08. The molecule has 0 aliphatic heterocycles. The number of benzene rings is 1. The first-order valence-electron chi connectivity index (χ1n) is 6.78. The van der Waals surface area contributed by atoms with Crippen LogP contribution in [-0.2, 0) is 23.3 Å². The van der Waals surface area contributed by atoms with Gasteiger partial charge in [0.15, 0.2) is 9.84 Å². The smallest absolute Gasteiger partial charge is 0.310 e. The maximum atomic E-state index is 11.7. The molecule has 2 aromatic rings. The Bertz CT molecular complexity index is 844. The summed E-state index contributed by atoms with van der Waals surface area (Å²) in [5.41, 5.74) is -0.277. The zero-order chi connectivity index (χ0) is 17.2. The van der Waals surface area contributed by atoms with Gasteiger partial charge in [-0.15, -0.1) is 10.2 Å². The van der Waals surface area contributed by atoms with Crippen LogP contribution in [0, 0.1) is 17.0 Å². The number of nitro groups is 1. The molecule has 2 rings (SSSR count). The minimum Gasteiger partial charge on any atom is -0.379 e. The number of hydrogen-bond acceptors (Lipinski definition) is 7. The molecule has 0 bridgehead atoms. The molecule has 0 aliphatic carbocycles. The van der Waals surface area contributed by atoms with Gasteiger partial charge in [-0.05, 0) is 19.1 Å². The molecule has 0 fully saturated rings. The van der Waals surface area contributed by atoms with E-state index in [0.29, 0.717) is 13.0 Å². The first-order chi connectivity index (χ1) is 10.7. The number of aromatic nitrogens is 3. The van der Waals surface area contributed by atoms with Crippen LogP contribution in [0.1, 0.15) is 11.6 Å². The van der Waals surface area contributed by atoms with Crippen LogP contribution in [0.5, 0.6) is 0 Å². The highest BCUT2D eigenvalue weighted by atomic mass is 32.2. The van der Waals surface area contributed by atoms with E-state index in [1.807, 2.05) is 18.5 Å². The molecule has 1 aromatic carbocycles. The van der Waals surface area contributed by atoms with Crippen molar-refractivity contribution in [2.24, 2.45) is 7.05 Å². The standard InChI is InChI=1S/C13H17N5O4S/c1-9-15-16-12(17(9)2)7-8-14-10-5-4-6-11(23(3,21)22)13(10)18(19)20/h4-6,14H,7-8H2,1-3H3. The van der Waals surface area contributed by atoms with Crippen molar-refractivity contribution in [1.82, 2.24) is 14.8 Å². The summed E-state index contributed by atoms with van der Waals surface area (Å²) in [4.78, 5) is 10.3. The van der Waals surface area contributed by atoms with E-state index in [2.05, 4.69) is 15.5 Å². The number of aryl methyl sites for hydroxylation is 1. The van der Waals surface area contributed by atoms with Crippen LogP contribution in [0.3, 0.4) is 0 Å². The number of rotatable bonds is 6. The fraction of sp³-hybridized carbons (Fsp3) is 0.385. The van der Waals surface area contributed by atoms with Crippen LogP contribution in [-0.4, -0.2) is 40.9 Å². The van der Waals surface area contributed by atoms with Gasteiger partial charge in [0.2, 0.25) is 0 Å². The average Bonchev–Trinajstić information content (AvgIpc) is 2.78. The highest BCUT2D eigenvalue weighted by Crippen LogP contribution is 2.31. The van der Waals surface area contributed by atoms with E-state index in [9.17, 15) is 18.5 Å². The number of nitro benzene ring substituents is 1. The zero-order valence-electron chi connectivity index (χ0n) is 13.0. The summed E-state index contributed by atoms with van der Waals surface area (Å²) in [6.07, 6.45) is 1.44. The lowest BCUT2D eigenvalue weighted by atomic mass is 10.2. The van der Waals surface area contributed by atoms with Gasteiger partial charge in [0, 0.05) is 26.3 Å². The third-order valence-electron chi connectivity index (χ3n) is 3.43. The van der Waals surface area contributed by atoms with E-state index >= 15 is 0 Å². The number of nitrogens with one attached hydrogen (secondary N) is 1. The molecule has 0 amide bonds. The molecule has 9 nitrogen and oxygen atoms in total. The van der Waals surface area contributed by atoms with E-state index in [-0.39, 0.29) is 10.6 Å². The average molecular weight is 339 g/mol. The summed E-state index contributed by atoms with van der Waals surface area (Å²) in [5, 5.41) is 22.1. The predicted octanol–water partition coefficient (Wildman–Crippen LogP) is 1.09. The van der Waals surface area contributed by atoms with Gasteiger partial charge in [0.05, 0.1) is 4.92 Å². The summed E-state index contributed by atoms with van der Waals surface area (Å²) >= 11 is 0. The second-order valence-corrected chi connectivity index (χ2v) is 7.06.